The molecule has 0 radical (unpaired) electrons. The van der Waals surface area contributed by atoms with Crippen molar-refractivity contribution in [2.45, 2.75) is 39.7 Å². The van der Waals surface area contributed by atoms with Gasteiger partial charge in [0.05, 0.1) is 5.69 Å². The Morgan fingerprint density at radius 1 is 1.56 bits per heavy atom. The van der Waals surface area contributed by atoms with E-state index in [2.05, 4.69) is 29.9 Å². The summed E-state index contributed by atoms with van der Waals surface area (Å²) in [4.78, 5) is 2.14. The van der Waals surface area contributed by atoms with Crippen molar-refractivity contribution in [3.8, 4) is 6.07 Å². The molecular formula is C12H20N4. The van der Waals surface area contributed by atoms with Gasteiger partial charge in [0, 0.05) is 20.1 Å². The number of hydrogen-bond acceptors (Lipinski definition) is 3. The summed E-state index contributed by atoms with van der Waals surface area (Å²) in [5.41, 5.74) is 1.49. The van der Waals surface area contributed by atoms with Crippen molar-refractivity contribution < 1.29 is 0 Å². The van der Waals surface area contributed by atoms with Gasteiger partial charge in [-0.1, -0.05) is 13.3 Å². The van der Waals surface area contributed by atoms with Gasteiger partial charge in [0.2, 0.25) is 0 Å². The molecule has 1 atom stereocenters. The van der Waals surface area contributed by atoms with E-state index in [9.17, 15) is 0 Å². The van der Waals surface area contributed by atoms with Crippen molar-refractivity contribution in [2.75, 3.05) is 11.9 Å². The molecule has 88 valence electrons. The van der Waals surface area contributed by atoms with Crippen molar-refractivity contribution in [2.24, 2.45) is 7.05 Å². The molecule has 0 aliphatic rings. The fraction of sp³-hybridized carbons (Fsp3) is 0.667. The molecule has 0 aliphatic carbocycles. The average Bonchev–Trinajstić information content (AvgIpc) is 2.52. The summed E-state index contributed by atoms with van der Waals surface area (Å²) < 4.78 is 1.79. The number of nitriles is 1. The van der Waals surface area contributed by atoms with Crippen LogP contribution in [0.15, 0.2) is 0 Å². The van der Waals surface area contributed by atoms with E-state index in [1.165, 1.54) is 0 Å². The van der Waals surface area contributed by atoms with Crippen LogP contribution >= 0.6 is 0 Å². The Labute approximate surface area is 97.5 Å². The molecule has 0 aromatic carbocycles. The lowest BCUT2D eigenvalue weighted by Crippen LogP contribution is -2.30. The quantitative estimate of drug-likeness (QED) is 0.781. The number of anilines is 1. The maximum absolute atomic E-state index is 9.14. The first kappa shape index (κ1) is 12.6. The lowest BCUT2D eigenvalue weighted by molar-refractivity contribution is 0.594. The molecule has 0 N–H and O–H groups in total. The SMILES string of the molecule is CCCC(C)N(C)c1c(C#N)c(C)nn1C. The molecule has 4 nitrogen and oxygen atoms in total. The summed E-state index contributed by atoms with van der Waals surface area (Å²) in [7, 11) is 3.91. The van der Waals surface area contributed by atoms with Crippen LogP contribution in [0.2, 0.25) is 0 Å². The van der Waals surface area contributed by atoms with Crippen molar-refractivity contribution in [1.82, 2.24) is 9.78 Å². The molecule has 1 unspecified atom stereocenters. The third-order valence-electron chi connectivity index (χ3n) is 3.01. The standard InChI is InChI=1S/C12H20N4/c1-6-7-9(2)15(4)12-11(8-13)10(3)14-16(12)5/h9H,6-7H2,1-5H3. The minimum atomic E-state index is 0.423. The Kier molecular flexibility index (Phi) is 3.94. The normalized spacial score (nSPS) is 12.2. The van der Waals surface area contributed by atoms with Gasteiger partial charge in [-0.3, -0.25) is 4.68 Å². The number of nitrogens with zero attached hydrogens (tertiary/aromatic N) is 4. The Morgan fingerprint density at radius 2 is 2.19 bits per heavy atom. The van der Waals surface area contributed by atoms with Gasteiger partial charge < -0.3 is 4.90 Å². The number of hydrogen-bond donors (Lipinski definition) is 0. The van der Waals surface area contributed by atoms with Crippen LogP contribution in [-0.2, 0) is 7.05 Å². The van der Waals surface area contributed by atoms with Crippen LogP contribution in [0.3, 0.4) is 0 Å². The Hall–Kier alpha value is -1.50. The van der Waals surface area contributed by atoms with Gasteiger partial charge in [-0.2, -0.15) is 10.4 Å². The fourth-order valence-corrected chi connectivity index (χ4v) is 2.00. The molecule has 1 aromatic rings. The van der Waals surface area contributed by atoms with Crippen molar-refractivity contribution in [1.29, 1.82) is 5.26 Å². The molecule has 0 fully saturated rings. The van der Waals surface area contributed by atoms with Gasteiger partial charge in [-0.25, -0.2) is 0 Å². The lowest BCUT2D eigenvalue weighted by Gasteiger charge is -2.26. The van der Waals surface area contributed by atoms with Gasteiger partial charge in [0.1, 0.15) is 17.5 Å². The van der Waals surface area contributed by atoms with Crippen LogP contribution in [0.5, 0.6) is 0 Å². The zero-order valence-electron chi connectivity index (χ0n) is 10.8. The molecule has 0 amide bonds. The topological polar surface area (TPSA) is 44.9 Å². The maximum atomic E-state index is 9.14. The van der Waals surface area contributed by atoms with Gasteiger partial charge in [-0.15, -0.1) is 0 Å². The first-order valence-electron chi connectivity index (χ1n) is 5.69. The van der Waals surface area contributed by atoms with Crippen molar-refractivity contribution >= 4 is 5.82 Å². The predicted molar refractivity (Wildman–Crippen MR) is 65.4 cm³/mol. The van der Waals surface area contributed by atoms with Crippen molar-refractivity contribution in [3.05, 3.63) is 11.3 Å². The number of aryl methyl sites for hydroxylation is 2. The highest BCUT2D eigenvalue weighted by Gasteiger charge is 2.19. The monoisotopic (exact) mass is 220 g/mol. The molecule has 1 aromatic heterocycles. The van der Waals surface area contributed by atoms with E-state index >= 15 is 0 Å². The third-order valence-corrected chi connectivity index (χ3v) is 3.01. The van der Waals surface area contributed by atoms with Crippen LogP contribution in [0.25, 0.3) is 0 Å². The number of aromatic nitrogens is 2. The highest BCUT2D eigenvalue weighted by Crippen LogP contribution is 2.23. The summed E-state index contributed by atoms with van der Waals surface area (Å²) in [6, 6.07) is 2.66. The van der Waals surface area contributed by atoms with Crippen LogP contribution in [0.4, 0.5) is 5.82 Å². The van der Waals surface area contributed by atoms with E-state index in [0.29, 0.717) is 11.6 Å². The Morgan fingerprint density at radius 3 is 2.69 bits per heavy atom. The smallest absolute Gasteiger partial charge is 0.144 e. The van der Waals surface area contributed by atoms with E-state index in [1.807, 2.05) is 21.0 Å². The molecular weight excluding hydrogens is 200 g/mol. The van der Waals surface area contributed by atoms with E-state index < -0.39 is 0 Å². The van der Waals surface area contributed by atoms with E-state index in [4.69, 9.17) is 5.26 Å². The minimum Gasteiger partial charge on any atom is -0.356 e. The molecule has 0 saturated carbocycles. The molecule has 1 rings (SSSR count). The van der Waals surface area contributed by atoms with Crippen molar-refractivity contribution in [3.63, 3.8) is 0 Å². The van der Waals surface area contributed by atoms with Gasteiger partial charge in [0.25, 0.3) is 0 Å². The van der Waals surface area contributed by atoms with Crippen LogP contribution < -0.4 is 4.90 Å². The maximum Gasteiger partial charge on any atom is 0.144 e. The predicted octanol–water partition coefficient (Wildman–Crippen LogP) is 2.22. The van der Waals surface area contributed by atoms with E-state index in [1.54, 1.807) is 4.68 Å². The highest BCUT2D eigenvalue weighted by atomic mass is 15.4. The highest BCUT2D eigenvalue weighted by molar-refractivity contribution is 5.56. The molecule has 0 spiro atoms. The summed E-state index contributed by atoms with van der Waals surface area (Å²) in [5, 5.41) is 13.4. The second kappa shape index (κ2) is 5.02. The third kappa shape index (κ3) is 2.19. The molecule has 16 heavy (non-hydrogen) atoms. The Bertz CT molecular complexity index is 400. The van der Waals surface area contributed by atoms with Gasteiger partial charge in [0.15, 0.2) is 0 Å². The first-order valence-corrected chi connectivity index (χ1v) is 5.69. The second-order valence-electron chi connectivity index (χ2n) is 4.27. The van der Waals surface area contributed by atoms with E-state index in [-0.39, 0.29) is 0 Å². The van der Waals surface area contributed by atoms with E-state index in [0.717, 1.165) is 24.4 Å². The summed E-state index contributed by atoms with van der Waals surface area (Å²) in [6.07, 6.45) is 2.26. The Balaban J connectivity index is 3.08. The van der Waals surface area contributed by atoms with Crippen LogP contribution in [-0.4, -0.2) is 22.9 Å². The zero-order chi connectivity index (χ0) is 12.3. The second-order valence-corrected chi connectivity index (χ2v) is 4.27. The summed E-state index contributed by atoms with van der Waals surface area (Å²) in [5.74, 6) is 0.918. The fourth-order valence-electron chi connectivity index (χ4n) is 2.00. The molecule has 1 heterocycles. The molecule has 0 aliphatic heterocycles. The van der Waals surface area contributed by atoms with Crippen LogP contribution in [0, 0.1) is 18.3 Å². The van der Waals surface area contributed by atoms with Gasteiger partial charge in [-0.05, 0) is 20.3 Å². The summed E-state index contributed by atoms with van der Waals surface area (Å²) >= 11 is 0. The van der Waals surface area contributed by atoms with Gasteiger partial charge >= 0.3 is 0 Å². The largest absolute Gasteiger partial charge is 0.356 e. The first-order chi connectivity index (χ1) is 7.52. The molecule has 4 heteroatoms. The number of rotatable bonds is 4. The lowest BCUT2D eigenvalue weighted by atomic mass is 10.1. The molecule has 0 bridgehead atoms. The average molecular weight is 220 g/mol. The minimum absolute atomic E-state index is 0.423. The zero-order valence-corrected chi connectivity index (χ0v) is 10.8. The van der Waals surface area contributed by atoms with Crippen LogP contribution in [0.1, 0.15) is 37.9 Å². The summed E-state index contributed by atoms with van der Waals surface area (Å²) in [6.45, 7) is 6.22. The molecule has 0 saturated heterocycles.